The number of tetrazole rings is 1. The molecule has 4 aromatic rings. The van der Waals surface area contributed by atoms with Crippen molar-refractivity contribution in [2.75, 3.05) is 0 Å². The standard InChI is InChI=1S/C17H15N7O/c25-16(10-24-11-19-22-23-24)18-9-12-5-7-13(8-6-12)17-20-14-3-1-2-4-15(14)21-17/h1-8,11H,9-10H2,(H,18,25)(H,20,21). The number of aromatic amines is 1. The quantitative estimate of drug-likeness (QED) is 0.577. The minimum Gasteiger partial charge on any atom is -0.350 e. The van der Waals surface area contributed by atoms with Crippen molar-refractivity contribution >= 4 is 16.9 Å². The summed E-state index contributed by atoms with van der Waals surface area (Å²) in [5.41, 5.74) is 3.96. The zero-order chi connectivity index (χ0) is 17.1. The topological polar surface area (TPSA) is 101 Å². The number of rotatable bonds is 5. The van der Waals surface area contributed by atoms with Crippen LogP contribution < -0.4 is 5.32 Å². The summed E-state index contributed by atoms with van der Waals surface area (Å²) in [6.07, 6.45) is 1.40. The number of hydrogen-bond acceptors (Lipinski definition) is 5. The number of hydrogen-bond donors (Lipinski definition) is 2. The lowest BCUT2D eigenvalue weighted by molar-refractivity contribution is -0.122. The lowest BCUT2D eigenvalue weighted by atomic mass is 10.1. The maximum Gasteiger partial charge on any atom is 0.242 e. The fraction of sp³-hybridized carbons (Fsp3) is 0.118. The third-order valence-corrected chi connectivity index (χ3v) is 3.80. The molecule has 0 saturated heterocycles. The van der Waals surface area contributed by atoms with Gasteiger partial charge in [-0.3, -0.25) is 4.79 Å². The number of H-pyrrole nitrogens is 1. The first-order chi connectivity index (χ1) is 12.3. The molecule has 0 unspecified atom stereocenters. The molecule has 2 heterocycles. The first kappa shape index (κ1) is 15.0. The molecule has 0 spiro atoms. The van der Waals surface area contributed by atoms with Crippen LogP contribution in [-0.2, 0) is 17.9 Å². The van der Waals surface area contributed by atoms with Crippen molar-refractivity contribution in [1.82, 2.24) is 35.5 Å². The highest BCUT2D eigenvalue weighted by Crippen LogP contribution is 2.20. The van der Waals surface area contributed by atoms with Gasteiger partial charge in [-0.2, -0.15) is 0 Å². The van der Waals surface area contributed by atoms with Crippen LogP contribution in [-0.4, -0.2) is 36.1 Å². The van der Waals surface area contributed by atoms with E-state index in [1.807, 2.05) is 48.5 Å². The van der Waals surface area contributed by atoms with Crippen LogP contribution >= 0.6 is 0 Å². The fourth-order valence-electron chi connectivity index (χ4n) is 2.53. The second kappa shape index (κ2) is 6.52. The first-order valence-corrected chi connectivity index (χ1v) is 7.79. The van der Waals surface area contributed by atoms with Crippen molar-refractivity contribution in [3.05, 3.63) is 60.4 Å². The molecule has 2 aromatic heterocycles. The highest BCUT2D eigenvalue weighted by Gasteiger charge is 2.06. The Bertz CT molecular complexity index is 956. The summed E-state index contributed by atoms with van der Waals surface area (Å²) >= 11 is 0. The van der Waals surface area contributed by atoms with Crippen molar-refractivity contribution in [3.63, 3.8) is 0 Å². The number of nitrogens with zero attached hydrogens (tertiary/aromatic N) is 5. The molecule has 0 bridgehead atoms. The van der Waals surface area contributed by atoms with Crippen molar-refractivity contribution < 1.29 is 4.79 Å². The molecule has 8 nitrogen and oxygen atoms in total. The van der Waals surface area contributed by atoms with Crippen LogP contribution in [0.15, 0.2) is 54.9 Å². The Balaban J connectivity index is 1.40. The van der Waals surface area contributed by atoms with E-state index in [-0.39, 0.29) is 12.5 Å². The monoisotopic (exact) mass is 333 g/mol. The molecular formula is C17H15N7O. The van der Waals surface area contributed by atoms with E-state index in [4.69, 9.17) is 0 Å². The van der Waals surface area contributed by atoms with E-state index in [0.29, 0.717) is 6.54 Å². The number of carbonyl (C=O) groups excluding carboxylic acids is 1. The van der Waals surface area contributed by atoms with Crippen LogP contribution in [0.5, 0.6) is 0 Å². The summed E-state index contributed by atoms with van der Waals surface area (Å²) in [6, 6.07) is 15.8. The van der Waals surface area contributed by atoms with Gasteiger partial charge < -0.3 is 10.3 Å². The fourth-order valence-corrected chi connectivity index (χ4v) is 2.53. The molecular weight excluding hydrogens is 318 g/mol. The molecule has 0 aliphatic carbocycles. The van der Waals surface area contributed by atoms with E-state index in [1.165, 1.54) is 11.0 Å². The van der Waals surface area contributed by atoms with Crippen LogP contribution in [0.4, 0.5) is 0 Å². The minimum absolute atomic E-state index is 0.101. The van der Waals surface area contributed by atoms with Gasteiger partial charge in [0.1, 0.15) is 18.7 Å². The summed E-state index contributed by atoms with van der Waals surface area (Å²) in [5, 5.41) is 13.5. The van der Waals surface area contributed by atoms with Gasteiger partial charge in [0.25, 0.3) is 0 Å². The summed E-state index contributed by atoms with van der Waals surface area (Å²) in [7, 11) is 0. The molecule has 0 fully saturated rings. The average Bonchev–Trinajstić information content (AvgIpc) is 3.29. The number of amides is 1. The zero-order valence-electron chi connectivity index (χ0n) is 13.3. The Morgan fingerprint density at radius 1 is 1.12 bits per heavy atom. The Morgan fingerprint density at radius 2 is 1.96 bits per heavy atom. The van der Waals surface area contributed by atoms with Crippen molar-refractivity contribution in [3.8, 4) is 11.4 Å². The lowest BCUT2D eigenvalue weighted by Gasteiger charge is -2.05. The number of carbonyl (C=O) groups is 1. The number of nitrogens with one attached hydrogen (secondary N) is 2. The summed E-state index contributed by atoms with van der Waals surface area (Å²) in [5.74, 6) is 0.684. The van der Waals surface area contributed by atoms with Gasteiger partial charge in [0, 0.05) is 12.1 Å². The highest BCUT2D eigenvalue weighted by atomic mass is 16.2. The normalized spacial score (nSPS) is 10.9. The third kappa shape index (κ3) is 3.37. The number of benzene rings is 2. The first-order valence-electron chi connectivity index (χ1n) is 7.79. The van der Waals surface area contributed by atoms with Gasteiger partial charge in [-0.25, -0.2) is 9.67 Å². The molecule has 4 rings (SSSR count). The van der Waals surface area contributed by atoms with Crippen LogP contribution in [0.1, 0.15) is 5.56 Å². The van der Waals surface area contributed by atoms with Gasteiger partial charge in [0.2, 0.25) is 5.91 Å². The van der Waals surface area contributed by atoms with E-state index in [0.717, 1.165) is 28.0 Å². The lowest BCUT2D eigenvalue weighted by Crippen LogP contribution is -2.27. The Labute approximate surface area is 142 Å². The van der Waals surface area contributed by atoms with Crippen molar-refractivity contribution in [2.24, 2.45) is 0 Å². The van der Waals surface area contributed by atoms with Gasteiger partial charge in [0.05, 0.1) is 11.0 Å². The SMILES string of the molecule is O=C(Cn1cnnn1)NCc1ccc(-c2nc3ccccc3[nH]2)cc1. The number of fused-ring (bicyclic) bond motifs is 1. The van der Waals surface area contributed by atoms with E-state index < -0.39 is 0 Å². The number of aromatic nitrogens is 6. The molecule has 124 valence electrons. The van der Waals surface area contributed by atoms with Gasteiger partial charge in [-0.1, -0.05) is 36.4 Å². The molecule has 0 radical (unpaired) electrons. The Kier molecular flexibility index (Phi) is 3.91. The van der Waals surface area contributed by atoms with Gasteiger partial charge in [-0.15, -0.1) is 5.10 Å². The molecule has 0 saturated carbocycles. The van der Waals surface area contributed by atoms with Gasteiger partial charge >= 0.3 is 0 Å². The average molecular weight is 333 g/mol. The maximum atomic E-state index is 11.8. The van der Waals surface area contributed by atoms with Gasteiger partial charge in [-0.05, 0) is 28.1 Å². The smallest absolute Gasteiger partial charge is 0.242 e. The molecule has 8 heteroatoms. The Morgan fingerprint density at radius 3 is 2.72 bits per heavy atom. The molecule has 2 N–H and O–H groups in total. The van der Waals surface area contributed by atoms with E-state index in [1.54, 1.807) is 0 Å². The summed E-state index contributed by atoms with van der Waals surface area (Å²) < 4.78 is 1.38. The number of para-hydroxylation sites is 2. The number of imidazole rings is 1. The molecule has 0 aliphatic heterocycles. The second-order valence-corrected chi connectivity index (χ2v) is 5.58. The second-order valence-electron chi connectivity index (χ2n) is 5.58. The highest BCUT2D eigenvalue weighted by molar-refractivity contribution is 5.79. The van der Waals surface area contributed by atoms with Crippen LogP contribution in [0, 0.1) is 0 Å². The molecule has 0 aliphatic rings. The predicted octanol–water partition coefficient (Wildman–Crippen LogP) is 1.53. The van der Waals surface area contributed by atoms with Crippen molar-refractivity contribution in [1.29, 1.82) is 0 Å². The molecule has 1 amide bonds. The van der Waals surface area contributed by atoms with Crippen molar-refractivity contribution in [2.45, 2.75) is 13.1 Å². The minimum atomic E-state index is -0.145. The zero-order valence-corrected chi connectivity index (χ0v) is 13.3. The molecule has 2 aromatic carbocycles. The van der Waals surface area contributed by atoms with Crippen LogP contribution in [0.2, 0.25) is 0 Å². The van der Waals surface area contributed by atoms with E-state index >= 15 is 0 Å². The van der Waals surface area contributed by atoms with Gasteiger partial charge in [0.15, 0.2) is 0 Å². The molecule has 25 heavy (non-hydrogen) atoms. The van der Waals surface area contributed by atoms with Crippen LogP contribution in [0.3, 0.4) is 0 Å². The largest absolute Gasteiger partial charge is 0.350 e. The third-order valence-electron chi connectivity index (χ3n) is 3.80. The molecule has 0 atom stereocenters. The summed E-state index contributed by atoms with van der Waals surface area (Å²) in [6.45, 7) is 0.547. The van der Waals surface area contributed by atoms with E-state index in [9.17, 15) is 4.79 Å². The predicted molar refractivity (Wildman–Crippen MR) is 91.2 cm³/mol. The summed E-state index contributed by atoms with van der Waals surface area (Å²) in [4.78, 5) is 19.7. The maximum absolute atomic E-state index is 11.8. The Hall–Kier alpha value is -3.55. The van der Waals surface area contributed by atoms with E-state index in [2.05, 4.69) is 30.8 Å². The van der Waals surface area contributed by atoms with Crippen LogP contribution in [0.25, 0.3) is 22.4 Å².